The lowest BCUT2D eigenvalue weighted by atomic mass is 10.3. The summed E-state index contributed by atoms with van der Waals surface area (Å²) in [6.07, 6.45) is 1.55. The van der Waals surface area contributed by atoms with Crippen molar-refractivity contribution in [2.45, 2.75) is 19.9 Å². The van der Waals surface area contributed by atoms with Crippen LogP contribution >= 0.6 is 0 Å². The molecule has 0 aliphatic rings. The fourth-order valence-corrected chi connectivity index (χ4v) is 1.81. The molecule has 0 aromatic carbocycles. The number of hydrogen-bond acceptors (Lipinski definition) is 6. The number of amides is 1. The first-order chi connectivity index (χ1) is 9.02. The van der Waals surface area contributed by atoms with E-state index in [9.17, 15) is 4.79 Å². The number of carbonyl (C=O) groups is 1. The first-order valence-electron chi connectivity index (χ1n) is 5.96. The zero-order valence-corrected chi connectivity index (χ0v) is 11.1. The van der Waals surface area contributed by atoms with Gasteiger partial charge >= 0.3 is 0 Å². The molecule has 4 N–H and O–H groups in total. The van der Waals surface area contributed by atoms with Gasteiger partial charge < -0.3 is 20.9 Å². The Morgan fingerprint density at radius 2 is 2.26 bits per heavy atom. The van der Waals surface area contributed by atoms with Crippen LogP contribution in [0, 0.1) is 0 Å². The van der Waals surface area contributed by atoms with Crippen molar-refractivity contribution in [1.82, 2.24) is 19.9 Å². The predicted octanol–water partition coefficient (Wildman–Crippen LogP) is 0.0947. The van der Waals surface area contributed by atoms with Crippen molar-refractivity contribution < 1.29 is 4.79 Å². The molecule has 0 atom stereocenters. The van der Waals surface area contributed by atoms with Crippen LogP contribution in [-0.2, 0) is 4.79 Å². The van der Waals surface area contributed by atoms with Crippen LogP contribution in [0.25, 0.3) is 11.2 Å². The van der Waals surface area contributed by atoms with E-state index in [2.05, 4.69) is 25.3 Å². The Bertz CT molecular complexity index is 592. The number of aromatic nitrogens is 4. The van der Waals surface area contributed by atoms with Gasteiger partial charge in [-0.2, -0.15) is 9.97 Å². The summed E-state index contributed by atoms with van der Waals surface area (Å²) in [5.41, 5.74) is 6.53. The highest BCUT2D eigenvalue weighted by Gasteiger charge is 2.20. The smallest absolute Gasteiger partial charge is 0.237 e. The van der Waals surface area contributed by atoms with Crippen molar-refractivity contribution in [3.05, 3.63) is 6.33 Å². The van der Waals surface area contributed by atoms with E-state index in [0.29, 0.717) is 22.9 Å². The first kappa shape index (κ1) is 13.1. The van der Waals surface area contributed by atoms with Gasteiger partial charge in [-0.1, -0.05) is 0 Å². The molecule has 0 radical (unpaired) electrons. The fraction of sp³-hybridized carbons (Fsp3) is 0.455. The van der Waals surface area contributed by atoms with E-state index in [4.69, 9.17) is 5.73 Å². The van der Waals surface area contributed by atoms with E-state index < -0.39 is 5.91 Å². The quantitative estimate of drug-likeness (QED) is 0.705. The SMILES string of the molecule is CNc1nc(N(CC(N)=O)C(C)C)c2[nH]cnc2n1. The van der Waals surface area contributed by atoms with Gasteiger partial charge in [0.1, 0.15) is 5.52 Å². The van der Waals surface area contributed by atoms with Gasteiger partial charge in [0.2, 0.25) is 11.9 Å². The second-order valence-electron chi connectivity index (χ2n) is 4.41. The Morgan fingerprint density at radius 1 is 1.53 bits per heavy atom. The summed E-state index contributed by atoms with van der Waals surface area (Å²) in [5, 5.41) is 2.88. The summed E-state index contributed by atoms with van der Waals surface area (Å²) >= 11 is 0. The van der Waals surface area contributed by atoms with Crippen molar-refractivity contribution in [2.24, 2.45) is 5.73 Å². The number of hydrogen-bond donors (Lipinski definition) is 3. The zero-order valence-electron chi connectivity index (χ0n) is 11.1. The van der Waals surface area contributed by atoms with Gasteiger partial charge in [-0.25, -0.2) is 4.98 Å². The average molecular weight is 263 g/mol. The van der Waals surface area contributed by atoms with Crippen LogP contribution in [0.3, 0.4) is 0 Å². The molecular formula is C11H17N7O. The maximum Gasteiger partial charge on any atom is 0.237 e. The number of imidazole rings is 1. The minimum atomic E-state index is -0.411. The van der Waals surface area contributed by atoms with E-state index in [-0.39, 0.29) is 12.6 Å². The van der Waals surface area contributed by atoms with Crippen LogP contribution in [-0.4, -0.2) is 45.5 Å². The molecule has 2 aromatic rings. The van der Waals surface area contributed by atoms with Crippen molar-refractivity contribution in [2.75, 3.05) is 23.8 Å². The summed E-state index contributed by atoms with van der Waals surface area (Å²) in [5.74, 6) is 0.649. The molecule has 8 nitrogen and oxygen atoms in total. The Hall–Kier alpha value is -2.38. The third-order valence-electron chi connectivity index (χ3n) is 2.71. The molecule has 0 spiro atoms. The molecular weight excluding hydrogens is 246 g/mol. The highest BCUT2D eigenvalue weighted by Crippen LogP contribution is 2.23. The standard InChI is InChI=1S/C11H17N7O/c1-6(2)18(4-7(12)19)10-8-9(15-5-14-8)16-11(13-3)17-10/h5-6H,4H2,1-3H3,(H2,12,19)(H2,13,14,15,16,17). The number of primary amides is 1. The Morgan fingerprint density at radius 3 is 2.84 bits per heavy atom. The number of aromatic amines is 1. The molecule has 2 aromatic heterocycles. The zero-order chi connectivity index (χ0) is 14.0. The monoisotopic (exact) mass is 263 g/mol. The van der Waals surface area contributed by atoms with Crippen LogP contribution < -0.4 is 16.0 Å². The number of anilines is 2. The molecule has 0 aliphatic heterocycles. The molecule has 2 rings (SSSR count). The Labute approximate surface area is 110 Å². The van der Waals surface area contributed by atoms with Crippen LogP contribution in [0.5, 0.6) is 0 Å². The van der Waals surface area contributed by atoms with Crippen molar-refractivity contribution in [1.29, 1.82) is 0 Å². The van der Waals surface area contributed by atoms with Gasteiger partial charge in [-0.05, 0) is 13.8 Å². The molecule has 2 heterocycles. The van der Waals surface area contributed by atoms with E-state index in [1.165, 1.54) is 0 Å². The van der Waals surface area contributed by atoms with Crippen molar-refractivity contribution in [3.8, 4) is 0 Å². The van der Waals surface area contributed by atoms with Gasteiger partial charge in [-0.15, -0.1) is 0 Å². The molecule has 0 fully saturated rings. The lowest BCUT2D eigenvalue weighted by Gasteiger charge is -2.26. The molecule has 102 valence electrons. The number of H-pyrrole nitrogens is 1. The molecule has 0 saturated heterocycles. The second kappa shape index (κ2) is 5.09. The molecule has 1 amide bonds. The minimum absolute atomic E-state index is 0.0682. The lowest BCUT2D eigenvalue weighted by Crippen LogP contribution is -2.39. The van der Waals surface area contributed by atoms with E-state index in [0.717, 1.165) is 0 Å². The highest BCUT2D eigenvalue weighted by molar-refractivity contribution is 5.87. The number of fused-ring (bicyclic) bond motifs is 1. The van der Waals surface area contributed by atoms with Gasteiger partial charge in [-0.3, -0.25) is 4.79 Å². The predicted molar refractivity (Wildman–Crippen MR) is 72.9 cm³/mol. The average Bonchev–Trinajstić information content (AvgIpc) is 2.82. The topological polar surface area (TPSA) is 113 Å². The summed E-state index contributed by atoms with van der Waals surface area (Å²) in [6.45, 7) is 4.02. The van der Waals surface area contributed by atoms with Crippen LogP contribution in [0.15, 0.2) is 6.33 Å². The third kappa shape index (κ3) is 2.56. The maximum absolute atomic E-state index is 11.2. The molecule has 0 bridgehead atoms. The van der Waals surface area contributed by atoms with Crippen molar-refractivity contribution >= 4 is 28.8 Å². The summed E-state index contributed by atoms with van der Waals surface area (Å²) in [6, 6.07) is 0.0682. The fourth-order valence-electron chi connectivity index (χ4n) is 1.81. The van der Waals surface area contributed by atoms with Gasteiger partial charge in [0.25, 0.3) is 0 Å². The van der Waals surface area contributed by atoms with E-state index in [1.807, 2.05) is 18.7 Å². The number of carbonyl (C=O) groups excluding carboxylic acids is 1. The third-order valence-corrected chi connectivity index (χ3v) is 2.71. The summed E-state index contributed by atoms with van der Waals surface area (Å²) in [4.78, 5) is 28.8. The van der Waals surface area contributed by atoms with E-state index in [1.54, 1.807) is 13.4 Å². The van der Waals surface area contributed by atoms with Crippen LogP contribution in [0.2, 0.25) is 0 Å². The molecule has 0 saturated carbocycles. The normalized spacial score (nSPS) is 10.9. The van der Waals surface area contributed by atoms with Crippen LogP contribution in [0.1, 0.15) is 13.8 Å². The summed E-state index contributed by atoms with van der Waals surface area (Å²) in [7, 11) is 1.73. The van der Waals surface area contributed by atoms with E-state index >= 15 is 0 Å². The highest BCUT2D eigenvalue weighted by atomic mass is 16.1. The largest absolute Gasteiger partial charge is 0.368 e. The number of nitrogens with zero attached hydrogens (tertiary/aromatic N) is 4. The molecule has 0 aliphatic carbocycles. The number of nitrogens with one attached hydrogen (secondary N) is 2. The number of rotatable bonds is 5. The molecule has 8 heteroatoms. The van der Waals surface area contributed by atoms with Gasteiger partial charge in [0, 0.05) is 13.1 Å². The molecule has 19 heavy (non-hydrogen) atoms. The number of nitrogens with two attached hydrogens (primary N) is 1. The van der Waals surface area contributed by atoms with Gasteiger partial charge in [0.05, 0.1) is 12.9 Å². The maximum atomic E-state index is 11.2. The Balaban J connectivity index is 2.56. The molecule has 0 unspecified atom stereocenters. The van der Waals surface area contributed by atoms with Gasteiger partial charge in [0.15, 0.2) is 11.5 Å². The Kier molecular flexibility index (Phi) is 3.50. The summed E-state index contributed by atoms with van der Waals surface area (Å²) < 4.78 is 0. The second-order valence-corrected chi connectivity index (χ2v) is 4.41. The first-order valence-corrected chi connectivity index (χ1v) is 5.96. The van der Waals surface area contributed by atoms with Crippen LogP contribution in [0.4, 0.5) is 11.8 Å². The lowest BCUT2D eigenvalue weighted by molar-refractivity contribution is -0.116. The van der Waals surface area contributed by atoms with Crippen molar-refractivity contribution in [3.63, 3.8) is 0 Å². The minimum Gasteiger partial charge on any atom is -0.368 e.